The quantitative estimate of drug-likeness (QED) is 0.508. The number of aryl methyl sites for hydroxylation is 2. The van der Waals surface area contributed by atoms with Crippen molar-refractivity contribution in [1.29, 1.82) is 0 Å². The van der Waals surface area contributed by atoms with Crippen molar-refractivity contribution < 1.29 is 19.1 Å². The highest BCUT2D eigenvalue weighted by molar-refractivity contribution is 9.09. The molecule has 2 bridgehead atoms. The Morgan fingerprint density at radius 1 is 1.03 bits per heavy atom. The van der Waals surface area contributed by atoms with Gasteiger partial charge in [0.05, 0.1) is 16.7 Å². The normalized spacial score (nSPS) is 30.2. The van der Waals surface area contributed by atoms with E-state index < -0.39 is 5.92 Å². The van der Waals surface area contributed by atoms with Gasteiger partial charge in [-0.3, -0.25) is 14.4 Å². The molecule has 1 heterocycles. The topological polar surface area (TPSA) is 84.5 Å². The van der Waals surface area contributed by atoms with E-state index in [1.54, 1.807) is 24.3 Å². The molecule has 7 heteroatoms. The van der Waals surface area contributed by atoms with Crippen LogP contribution in [0.15, 0.2) is 42.5 Å². The van der Waals surface area contributed by atoms with Crippen molar-refractivity contribution in [3.05, 3.63) is 59.2 Å². The van der Waals surface area contributed by atoms with E-state index in [0.717, 1.165) is 23.2 Å². The van der Waals surface area contributed by atoms with E-state index >= 15 is 0 Å². The first-order valence-electron chi connectivity index (χ1n) is 10.5. The highest BCUT2D eigenvalue weighted by Gasteiger charge is 2.67. The Balaban J connectivity index is 1.32. The van der Waals surface area contributed by atoms with Crippen LogP contribution in [0.25, 0.3) is 0 Å². The number of anilines is 2. The maximum absolute atomic E-state index is 13.1. The molecule has 1 saturated heterocycles. The highest BCUT2D eigenvalue weighted by Crippen LogP contribution is 2.60. The van der Waals surface area contributed by atoms with Gasteiger partial charge in [-0.15, -0.1) is 0 Å². The Morgan fingerprint density at radius 3 is 2.48 bits per heavy atom. The van der Waals surface area contributed by atoms with Crippen molar-refractivity contribution in [2.45, 2.75) is 31.2 Å². The second kappa shape index (κ2) is 7.48. The van der Waals surface area contributed by atoms with Gasteiger partial charge in [-0.05, 0) is 55.5 Å². The molecule has 160 valence electrons. The van der Waals surface area contributed by atoms with Gasteiger partial charge in [0.1, 0.15) is 6.10 Å². The minimum absolute atomic E-state index is 0.0189. The molecule has 31 heavy (non-hydrogen) atoms. The van der Waals surface area contributed by atoms with E-state index in [1.165, 1.54) is 0 Å². The summed E-state index contributed by atoms with van der Waals surface area (Å²) in [5.74, 6) is -1.26. The van der Waals surface area contributed by atoms with E-state index in [2.05, 4.69) is 26.6 Å². The number of amides is 2. The number of benzene rings is 2. The van der Waals surface area contributed by atoms with Crippen molar-refractivity contribution in [1.82, 2.24) is 0 Å². The Kier molecular flexibility index (Phi) is 4.88. The summed E-state index contributed by atoms with van der Waals surface area (Å²) in [7, 11) is 0. The van der Waals surface area contributed by atoms with E-state index in [0.29, 0.717) is 11.3 Å². The number of para-hydroxylation sites is 1. The van der Waals surface area contributed by atoms with E-state index in [-0.39, 0.29) is 46.5 Å². The molecule has 2 N–H and O–H groups in total. The van der Waals surface area contributed by atoms with Gasteiger partial charge in [-0.2, -0.15) is 0 Å². The van der Waals surface area contributed by atoms with Crippen LogP contribution >= 0.6 is 15.9 Å². The zero-order valence-electron chi connectivity index (χ0n) is 17.2. The summed E-state index contributed by atoms with van der Waals surface area (Å²) in [5.41, 5.74) is 3.75. The van der Waals surface area contributed by atoms with Gasteiger partial charge in [-0.1, -0.05) is 40.2 Å². The number of ether oxygens (including phenoxy) is 1. The minimum atomic E-state index is -0.410. The average Bonchev–Trinajstić information content (AvgIpc) is 3.35. The number of esters is 1. The number of halogens is 1. The zero-order valence-corrected chi connectivity index (χ0v) is 18.8. The lowest BCUT2D eigenvalue weighted by Crippen LogP contribution is -2.40. The van der Waals surface area contributed by atoms with Crippen LogP contribution in [-0.2, 0) is 14.3 Å². The molecule has 0 spiro atoms. The van der Waals surface area contributed by atoms with Crippen molar-refractivity contribution in [2.24, 2.45) is 23.7 Å². The number of carbonyl (C=O) groups excluding carboxylic acids is 3. The number of alkyl halides is 1. The Hall–Kier alpha value is -2.67. The zero-order chi connectivity index (χ0) is 21.9. The molecule has 2 saturated carbocycles. The molecule has 0 unspecified atom stereocenters. The van der Waals surface area contributed by atoms with E-state index in [9.17, 15) is 14.4 Å². The van der Waals surface area contributed by atoms with Crippen LogP contribution in [0.1, 0.15) is 27.9 Å². The second-order valence-corrected chi connectivity index (χ2v) is 9.81. The molecule has 3 aliphatic rings. The summed E-state index contributed by atoms with van der Waals surface area (Å²) in [6.07, 6.45) is 0.719. The van der Waals surface area contributed by atoms with Gasteiger partial charge < -0.3 is 15.4 Å². The Bertz CT molecular complexity index is 1080. The van der Waals surface area contributed by atoms with Gasteiger partial charge in [0.25, 0.3) is 5.91 Å². The van der Waals surface area contributed by atoms with Crippen molar-refractivity contribution in [3.63, 3.8) is 0 Å². The summed E-state index contributed by atoms with van der Waals surface area (Å²) >= 11 is 3.63. The fourth-order valence-electron chi connectivity index (χ4n) is 5.49. The molecule has 6 nitrogen and oxygen atoms in total. The lowest BCUT2D eigenvalue weighted by atomic mass is 9.79. The standard InChI is InChI=1S/C24H23BrN2O4/c1-11-5-3-6-12(2)20(11)27-22(28)13-7-4-8-14(9-13)26-23(29)17-15-10-16-18(17)24(30)31-21(16)19(15)25/h3-9,15-19,21H,10H2,1-2H3,(H,26,29)(H,27,28)/t15-,16-,17-,18-,19+,21+/m1/s1. The van der Waals surface area contributed by atoms with Gasteiger partial charge >= 0.3 is 5.97 Å². The summed E-state index contributed by atoms with van der Waals surface area (Å²) < 4.78 is 5.49. The fraction of sp³-hybridized carbons (Fsp3) is 0.375. The van der Waals surface area contributed by atoms with Crippen molar-refractivity contribution in [2.75, 3.05) is 10.6 Å². The third-order valence-electron chi connectivity index (χ3n) is 6.94. The molecule has 2 aliphatic carbocycles. The van der Waals surface area contributed by atoms with E-state index in [4.69, 9.17) is 4.74 Å². The average molecular weight is 483 g/mol. The van der Waals surface area contributed by atoms with Crippen LogP contribution in [0.4, 0.5) is 11.4 Å². The first-order chi connectivity index (χ1) is 14.8. The van der Waals surface area contributed by atoms with Crippen molar-refractivity contribution >= 4 is 45.1 Å². The number of hydrogen-bond acceptors (Lipinski definition) is 4. The van der Waals surface area contributed by atoms with Gasteiger partial charge in [0.15, 0.2) is 0 Å². The number of carbonyl (C=O) groups is 3. The van der Waals surface area contributed by atoms with Crippen LogP contribution < -0.4 is 10.6 Å². The van der Waals surface area contributed by atoms with Gasteiger partial charge in [0, 0.05) is 22.9 Å². The number of rotatable bonds is 4. The number of fused-ring (bicyclic) bond motifs is 1. The lowest BCUT2D eigenvalue weighted by molar-refractivity contribution is -0.145. The lowest BCUT2D eigenvalue weighted by Gasteiger charge is -2.27. The Morgan fingerprint density at radius 2 is 1.74 bits per heavy atom. The summed E-state index contributed by atoms with van der Waals surface area (Å²) in [6.45, 7) is 3.90. The highest BCUT2D eigenvalue weighted by atomic mass is 79.9. The molecule has 3 fully saturated rings. The molecule has 1 aliphatic heterocycles. The SMILES string of the molecule is Cc1cccc(C)c1NC(=O)c1cccc(NC(=O)[C@@H]2[C@H]3C[C@H]4[C@H](OC(=O)[C@H]42)[C@H]3Br)c1. The molecule has 0 aromatic heterocycles. The molecule has 2 aromatic rings. The molecule has 6 atom stereocenters. The molecular weight excluding hydrogens is 460 g/mol. The Labute approximate surface area is 188 Å². The van der Waals surface area contributed by atoms with Crippen LogP contribution in [0, 0.1) is 37.5 Å². The number of nitrogens with one attached hydrogen (secondary N) is 2. The predicted molar refractivity (Wildman–Crippen MR) is 120 cm³/mol. The maximum atomic E-state index is 13.1. The van der Waals surface area contributed by atoms with Gasteiger partial charge in [-0.25, -0.2) is 0 Å². The monoisotopic (exact) mass is 482 g/mol. The minimum Gasteiger partial charge on any atom is -0.461 e. The fourth-order valence-corrected chi connectivity index (χ4v) is 6.54. The summed E-state index contributed by atoms with van der Waals surface area (Å²) in [5, 5.41) is 5.89. The smallest absolute Gasteiger partial charge is 0.310 e. The second-order valence-electron chi connectivity index (χ2n) is 8.75. The van der Waals surface area contributed by atoms with Crippen LogP contribution in [-0.4, -0.2) is 28.7 Å². The molecule has 0 radical (unpaired) electrons. The van der Waals surface area contributed by atoms with Crippen LogP contribution in [0.2, 0.25) is 0 Å². The summed E-state index contributed by atoms with van der Waals surface area (Å²) in [4.78, 5) is 38.2. The molecular formula is C24H23BrN2O4. The van der Waals surface area contributed by atoms with Crippen molar-refractivity contribution in [3.8, 4) is 0 Å². The van der Waals surface area contributed by atoms with Crippen LogP contribution in [0.3, 0.4) is 0 Å². The van der Waals surface area contributed by atoms with Gasteiger partial charge in [0.2, 0.25) is 5.91 Å². The molecule has 2 amide bonds. The summed E-state index contributed by atoms with van der Waals surface area (Å²) in [6, 6.07) is 12.7. The first-order valence-corrected chi connectivity index (χ1v) is 11.4. The largest absolute Gasteiger partial charge is 0.461 e. The third kappa shape index (κ3) is 3.26. The van der Waals surface area contributed by atoms with Crippen LogP contribution in [0.5, 0.6) is 0 Å². The van der Waals surface area contributed by atoms with E-state index in [1.807, 2.05) is 32.0 Å². The number of hydrogen-bond donors (Lipinski definition) is 2. The molecule has 2 aromatic carbocycles. The third-order valence-corrected chi connectivity index (χ3v) is 8.14. The first kappa shape index (κ1) is 20.2. The predicted octanol–water partition coefficient (Wildman–Crippen LogP) is 4.07. The molecule has 5 rings (SSSR count). The maximum Gasteiger partial charge on any atom is 0.310 e.